The smallest absolute Gasteiger partial charge is 0.305 e. The minimum atomic E-state index is -3.78. The lowest BCUT2D eigenvalue weighted by Crippen LogP contribution is -2.30. The van der Waals surface area contributed by atoms with Gasteiger partial charge in [0.1, 0.15) is 0 Å². The Morgan fingerprint density at radius 2 is 2.05 bits per heavy atom. The fourth-order valence-corrected chi connectivity index (χ4v) is 4.43. The molecule has 118 valence electrons. The number of carbonyl (C=O) groups is 1. The van der Waals surface area contributed by atoms with E-state index in [1.54, 1.807) is 35.0 Å². The van der Waals surface area contributed by atoms with E-state index < -0.39 is 22.0 Å². The number of aliphatic carboxylic acids is 1. The SMILES string of the molecule is CCc1ccccc1S(=O)(=O)NC(CC(=O)O)c1ccsc1. The van der Waals surface area contributed by atoms with Gasteiger partial charge in [-0.05, 0) is 40.4 Å². The van der Waals surface area contributed by atoms with Crippen LogP contribution in [0.2, 0.25) is 0 Å². The zero-order valence-corrected chi connectivity index (χ0v) is 13.7. The summed E-state index contributed by atoms with van der Waals surface area (Å²) in [6, 6.07) is 7.68. The van der Waals surface area contributed by atoms with E-state index in [2.05, 4.69) is 4.72 Å². The zero-order valence-electron chi connectivity index (χ0n) is 12.0. The van der Waals surface area contributed by atoms with Crippen LogP contribution in [0, 0.1) is 0 Å². The Morgan fingerprint density at radius 3 is 2.64 bits per heavy atom. The summed E-state index contributed by atoms with van der Waals surface area (Å²) in [6.45, 7) is 1.88. The van der Waals surface area contributed by atoms with Crippen LogP contribution in [0.15, 0.2) is 46.0 Å². The van der Waals surface area contributed by atoms with E-state index in [0.29, 0.717) is 17.5 Å². The lowest BCUT2D eigenvalue weighted by atomic mass is 10.1. The van der Waals surface area contributed by atoms with Crippen LogP contribution < -0.4 is 4.72 Å². The molecule has 0 saturated carbocycles. The van der Waals surface area contributed by atoms with E-state index in [-0.39, 0.29) is 11.3 Å². The van der Waals surface area contributed by atoms with E-state index >= 15 is 0 Å². The van der Waals surface area contributed by atoms with Gasteiger partial charge in [0.2, 0.25) is 10.0 Å². The highest BCUT2D eigenvalue weighted by molar-refractivity contribution is 7.89. The van der Waals surface area contributed by atoms with Gasteiger partial charge in [0.25, 0.3) is 0 Å². The van der Waals surface area contributed by atoms with E-state index in [0.717, 1.165) is 0 Å². The average Bonchev–Trinajstić information content (AvgIpc) is 3.00. The molecule has 2 N–H and O–H groups in total. The van der Waals surface area contributed by atoms with Crippen molar-refractivity contribution in [1.82, 2.24) is 4.72 Å². The molecule has 1 heterocycles. The van der Waals surface area contributed by atoms with Gasteiger partial charge in [-0.3, -0.25) is 4.79 Å². The maximum Gasteiger partial charge on any atom is 0.305 e. The molecule has 0 amide bonds. The lowest BCUT2D eigenvalue weighted by molar-refractivity contribution is -0.137. The first-order valence-electron chi connectivity index (χ1n) is 6.78. The molecule has 7 heteroatoms. The molecular weight excluding hydrogens is 322 g/mol. The summed E-state index contributed by atoms with van der Waals surface area (Å²) in [7, 11) is -3.78. The second kappa shape index (κ2) is 7.04. The third-order valence-corrected chi connectivity index (χ3v) is 5.54. The normalized spacial score (nSPS) is 13.0. The number of aryl methyl sites for hydroxylation is 1. The topological polar surface area (TPSA) is 83.5 Å². The van der Waals surface area contributed by atoms with E-state index in [4.69, 9.17) is 5.11 Å². The third-order valence-electron chi connectivity index (χ3n) is 3.26. The highest BCUT2D eigenvalue weighted by Gasteiger charge is 2.25. The van der Waals surface area contributed by atoms with Crippen LogP contribution in [-0.2, 0) is 21.2 Å². The molecule has 1 aromatic heterocycles. The standard InChI is InChI=1S/C15H17NO4S2/c1-2-11-5-3-4-6-14(11)22(19,20)16-13(9-15(17)18)12-7-8-21-10-12/h3-8,10,13,16H,2,9H2,1H3,(H,17,18). The molecule has 0 aliphatic carbocycles. The van der Waals surface area contributed by atoms with Crippen molar-refractivity contribution in [3.8, 4) is 0 Å². The molecule has 0 saturated heterocycles. The molecule has 0 bridgehead atoms. The van der Waals surface area contributed by atoms with Crippen LogP contribution in [0.4, 0.5) is 0 Å². The van der Waals surface area contributed by atoms with Crippen molar-refractivity contribution in [2.75, 3.05) is 0 Å². The number of thiophene rings is 1. The van der Waals surface area contributed by atoms with Crippen molar-refractivity contribution in [2.45, 2.75) is 30.7 Å². The first kappa shape index (κ1) is 16.7. The Kier molecular flexibility index (Phi) is 5.33. The molecule has 0 spiro atoms. The molecule has 0 aliphatic heterocycles. The lowest BCUT2D eigenvalue weighted by Gasteiger charge is -2.17. The van der Waals surface area contributed by atoms with Gasteiger partial charge in [0.15, 0.2) is 0 Å². The number of carboxylic acids is 1. The minimum absolute atomic E-state index is 0.197. The molecule has 5 nitrogen and oxygen atoms in total. The van der Waals surface area contributed by atoms with Gasteiger partial charge < -0.3 is 5.11 Å². The molecule has 0 radical (unpaired) electrons. The number of benzene rings is 1. The quantitative estimate of drug-likeness (QED) is 0.812. The molecule has 2 rings (SSSR count). The molecule has 1 unspecified atom stereocenters. The van der Waals surface area contributed by atoms with Crippen LogP contribution in [0.1, 0.15) is 30.5 Å². The first-order chi connectivity index (χ1) is 10.4. The second-order valence-corrected chi connectivity index (χ2v) is 7.25. The Balaban J connectivity index is 2.34. The summed E-state index contributed by atoms with van der Waals surface area (Å²) in [5, 5.41) is 12.6. The number of carboxylic acid groups (broad SMARTS) is 1. The molecule has 22 heavy (non-hydrogen) atoms. The fraction of sp³-hybridized carbons (Fsp3) is 0.267. The number of nitrogens with one attached hydrogen (secondary N) is 1. The summed E-state index contributed by atoms with van der Waals surface area (Å²) in [5.41, 5.74) is 1.36. The first-order valence-corrected chi connectivity index (χ1v) is 9.20. The molecule has 1 aromatic carbocycles. The minimum Gasteiger partial charge on any atom is -0.481 e. The predicted molar refractivity (Wildman–Crippen MR) is 85.5 cm³/mol. The van der Waals surface area contributed by atoms with Gasteiger partial charge in [0, 0.05) is 0 Å². The molecule has 0 fully saturated rings. The predicted octanol–water partition coefficient (Wildman–Crippen LogP) is 2.80. The average molecular weight is 339 g/mol. The van der Waals surface area contributed by atoms with Gasteiger partial charge in [-0.2, -0.15) is 11.3 Å². The summed E-state index contributed by atoms with van der Waals surface area (Å²) < 4.78 is 27.7. The summed E-state index contributed by atoms with van der Waals surface area (Å²) in [5.74, 6) is -1.05. The second-order valence-electron chi connectivity index (χ2n) is 4.79. The molecule has 2 aromatic rings. The fourth-order valence-electron chi connectivity index (χ4n) is 2.18. The van der Waals surface area contributed by atoms with Gasteiger partial charge in [0.05, 0.1) is 17.4 Å². The largest absolute Gasteiger partial charge is 0.481 e. The summed E-state index contributed by atoms with van der Waals surface area (Å²) in [4.78, 5) is 11.2. The van der Waals surface area contributed by atoms with E-state index in [1.807, 2.05) is 6.92 Å². The Bertz CT molecular complexity index is 739. The Morgan fingerprint density at radius 1 is 1.32 bits per heavy atom. The highest BCUT2D eigenvalue weighted by Crippen LogP contribution is 2.24. The van der Waals surface area contributed by atoms with Crippen molar-refractivity contribution in [3.63, 3.8) is 0 Å². The Hall–Kier alpha value is -1.70. The van der Waals surface area contributed by atoms with Gasteiger partial charge >= 0.3 is 5.97 Å². The van der Waals surface area contributed by atoms with Crippen molar-refractivity contribution >= 4 is 27.3 Å². The molecule has 1 atom stereocenters. The molecule has 0 aliphatic rings. The number of hydrogen-bond acceptors (Lipinski definition) is 4. The van der Waals surface area contributed by atoms with E-state index in [9.17, 15) is 13.2 Å². The summed E-state index contributed by atoms with van der Waals surface area (Å²) in [6.07, 6.45) is 0.281. The molecular formula is C15H17NO4S2. The van der Waals surface area contributed by atoms with Crippen LogP contribution in [0.5, 0.6) is 0 Å². The van der Waals surface area contributed by atoms with Crippen LogP contribution in [-0.4, -0.2) is 19.5 Å². The van der Waals surface area contributed by atoms with Crippen molar-refractivity contribution in [1.29, 1.82) is 0 Å². The third kappa shape index (κ3) is 3.94. The van der Waals surface area contributed by atoms with Crippen molar-refractivity contribution in [3.05, 3.63) is 52.2 Å². The van der Waals surface area contributed by atoms with Gasteiger partial charge in [-0.1, -0.05) is 25.1 Å². The zero-order chi connectivity index (χ0) is 16.2. The van der Waals surface area contributed by atoms with Crippen molar-refractivity contribution < 1.29 is 18.3 Å². The van der Waals surface area contributed by atoms with Gasteiger partial charge in [-0.15, -0.1) is 0 Å². The van der Waals surface area contributed by atoms with Gasteiger partial charge in [-0.25, -0.2) is 13.1 Å². The van der Waals surface area contributed by atoms with Crippen LogP contribution in [0.3, 0.4) is 0 Å². The monoisotopic (exact) mass is 339 g/mol. The number of hydrogen-bond donors (Lipinski definition) is 2. The van der Waals surface area contributed by atoms with Crippen LogP contribution >= 0.6 is 11.3 Å². The highest BCUT2D eigenvalue weighted by atomic mass is 32.2. The number of rotatable bonds is 7. The van der Waals surface area contributed by atoms with E-state index in [1.165, 1.54) is 17.4 Å². The maximum absolute atomic E-state index is 12.6. The van der Waals surface area contributed by atoms with Crippen molar-refractivity contribution in [2.24, 2.45) is 0 Å². The summed E-state index contributed by atoms with van der Waals surface area (Å²) >= 11 is 1.40. The van der Waals surface area contributed by atoms with Crippen LogP contribution in [0.25, 0.3) is 0 Å². The number of sulfonamides is 1. The maximum atomic E-state index is 12.6. The Labute approximate surface area is 133 Å².